The van der Waals surface area contributed by atoms with Gasteiger partial charge in [0.05, 0.1) is 5.56 Å². The highest BCUT2D eigenvalue weighted by Gasteiger charge is 2.24. The van der Waals surface area contributed by atoms with Crippen LogP contribution in [0.5, 0.6) is 0 Å². The molecule has 1 aliphatic rings. The molecule has 2 rings (SSSR count). The van der Waals surface area contributed by atoms with Gasteiger partial charge in [-0.05, 0) is 18.8 Å². The number of aromatic carboxylic acids is 1. The van der Waals surface area contributed by atoms with Crippen molar-refractivity contribution in [1.29, 1.82) is 0 Å². The van der Waals surface area contributed by atoms with Crippen molar-refractivity contribution < 1.29 is 9.90 Å². The van der Waals surface area contributed by atoms with Crippen molar-refractivity contribution in [3.8, 4) is 0 Å². The molecule has 2 unspecified atom stereocenters. The lowest BCUT2D eigenvalue weighted by Gasteiger charge is -2.27. The maximum Gasteiger partial charge on any atom is 0.338 e. The second-order valence-electron chi connectivity index (χ2n) is 4.77. The van der Waals surface area contributed by atoms with E-state index in [0.29, 0.717) is 5.92 Å². The summed E-state index contributed by atoms with van der Waals surface area (Å²) in [6.07, 6.45) is 8.85. The molecule has 1 N–H and O–H groups in total. The monoisotopic (exact) mass is 234 g/mol. The molecular weight excluding hydrogens is 216 g/mol. The Labute approximate surface area is 101 Å². The van der Waals surface area contributed by atoms with E-state index in [9.17, 15) is 4.79 Å². The molecule has 4 nitrogen and oxygen atoms in total. The average Bonchev–Trinajstić information content (AvgIpc) is 2.39. The Balaban J connectivity index is 2.08. The normalized spacial score (nSPS) is 24.5. The van der Waals surface area contributed by atoms with E-state index in [0.717, 1.165) is 24.6 Å². The summed E-state index contributed by atoms with van der Waals surface area (Å²) in [7, 11) is 0. The largest absolute Gasteiger partial charge is 0.478 e. The summed E-state index contributed by atoms with van der Waals surface area (Å²) >= 11 is 0. The van der Waals surface area contributed by atoms with Crippen LogP contribution >= 0.6 is 0 Å². The van der Waals surface area contributed by atoms with E-state index in [-0.39, 0.29) is 5.56 Å². The predicted molar refractivity (Wildman–Crippen MR) is 64.0 cm³/mol. The van der Waals surface area contributed by atoms with E-state index in [4.69, 9.17) is 5.11 Å². The first-order valence-corrected chi connectivity index (χ1v) is 6.26. The van der Waals surface area contributed by atoms with Crippen molar-refractivity contribution in [3.05, 3.63) is 23.8 Å². The van der Waals surface area contributed by atoms with Crippen molar-refractivity contribution in [2.24, 2.45) is 5.92 Å². The zero-order valence-electron chi connectivity index (χ0n) is 10.1. The van der Waals surface area contributed by atoms with Crippen LogP contribution in [-0.4, -0.2) is 21.0 Å². The first-order chi connectivity index (χ1) is 8.20. The SMILES string of the molecule is CCC1CCCC(c2ncc(C(=O)O)cn2)C1. The number of carboxylic acid groups (broad SMARTS) is 1. The fourth-order valence-corrected chi connectivity index (χ4v) is 2.56. The maximum absolute atomic E-state index is 10.7. The summed E-state index contributed by atoms with van der Waals surface area (Å²) in [4.78, 5) is 19.1. The van der Waals surface area contributed by atoms with Gasteiger partial charge >= 0.3 is 5.97 Å². The van der Waals surface area contributed by atoms with Gasteiger partial charge in [0.25, 0.3) is 0 Å². The van der Waals surface area contributed by atoms with E-state index in [1.807, 2.05) is 0 Å². The quantitative estimate of drug-likeness (QED) is 0.873. The number of carbonyl (C=O) groups is 1. The fourth-order valence-electron chi connectivity index (χ4n) is 2.56. The zero-order valence-corrected chi connectivity index (χ0v) is 10.1. The highest BCUT2D eigenvalue weighted by molar-refractivity contribution is 5.86. The van der Waals surface area contributed by atoms with Gasteiger partial charge in [-0.3, -0.25) is 0 Å². The van der Waals surface area contributed by atoms with Crippen LogP contribution in [0.25, 0.3) is 0 Å². The molecule has 1 heterocycles. The van der Waals surface area contributed by atoms with Gasteiger partial charge in [-0.1, -0.05) is 26.2 Å². The molecule has 0 aliphatic heterocycles. The van der Waals surface area contributed by atoms with Crippen LogP contribution < -0.4 is 0 Å². The van der Waals surface area contributed by atoms with Crippen molar-refractivity contribution >= 4 is 5.97 Å². The number of nitrogens with zero attached hydrogens (tertiary/aromatic N) is 2. The van der Waals surface area contributed by atoms with Gasteiger partial charge in [-0.2, -0.15) is 0 Å². The summed E-state index contributed by atoms with van der Waals surface area (Å²) in [6, 6.07) is 0. The van der Waals surface area contributed by atoms with E-state index in [1.165, 1.54) is 31.7 Å². The molecule has 1 aromatic heterocycles. The molecule has 0 radical (unpaired) electrons. The van der Waals surface area contributed by atoms with Crippen molar-refractivity contribution in [2.45, 2.75) is 44.9 Å². The van der Waals surface area contributed by atoms with Crippen LogP contribution in [0.4, 0.5) is 0 Å². The minimum atomic E-state index is -0.966. The molecule has 1 aliphatic carbocycles. The van der Waals surface area contributed by atoms with Gasteiger partial charge in [-0.25, -0.2) is 14.8 Å². The van der Waals surface area contributed by atoms with Crippen molar-refractivity contribution in [2.75, 3.05) is 0 Å². The number of rotatable bonds is 3. The first kappa shape index (κ1) is 12.0. The molecule has 0 saturated heterocycles. The van der Waals surface area contributed by atoms with Crippen LogP contribution in [0.3, 0.4) is 0 Å². The Morgan fingerprint density at radius 2 is 2.12 bits per heavy atom. The van der Waals surface area contributed by atoms with Gasteiger partial charge in [0.2, 0.25) is 0 Å². The summed E-state index contributed by atoms with van der Waals surface area (Å²) < 4.78 is 0. The van der Waals surface area contributed by atoms with Crippen molar-refractivity contribution in [1.82, 2.24) is 9.97 Å². The Morgan fingerprint density at radius 3 is 2.71 bits per heavy atom. The third-order valence-electron chi connectivity index (χ3n) is 3.64. The molecule has 1 saturated carbocycles. The molecule has 0 bridgehead atoms. The lowest BCUT2D eigenvalue weighted by Crippen LogP contribution is -2.16. The van der Waals surface area contributed by atoms with E-state index < -0.39 is 5.97 Å². The van der Waals surface area contributed by atoms with E-state index in [2.05, 4.69) is 16.9 Å². The second-order valence-corrected chi connectivity index (χ2v) is 4.77. The molecule has 0 aromatic carbocycles. The number of hydrogen-bond acceptors (Lipinski definition) is 3. The van der Waals surface area contributed by atoms with Crippen molar-refractivity contribution in [3.63, 3.8) is 0 Å². The van der Waals surface area contributed by atoms with E-state index >= 15 is 0 Å². The molecule has 4 heteroatoms. The van der Waals surface area contributed by atoms with Crippen LogP contribution in [0.15, 0.2) is 12.4 Å². The highest BCUT2D eigenvalue weighted by atomic mass is 16.4. The van der Waals surface area contributed by atoms with E-state index in [1.54, 1.807) is 0 Å². The Morgan fingerprint density at radius 1 is 1.41 bits per heavy atom. The molecule has 92 valence electrons. The van der Waals surface area contributed by atoms with Crippen LogP contribution in [0.2, 0.25) is 0 Å². The third-order valence-corrected chi connectivity index (χ3v) is 3.64. The molecule has 1 fully saturated rings. The van der Waals surface area contributed by atoms with Gasteiger partial charge in [0.1, 0.15) is 5.82 Å². The van der Waals surface area contributed by atoms with Gasteiger partial charge in [0, 0.05) is 18.3 Å². The standard InChI is InChI=1S/C13H18N2O2/c1-2-9-4-3-5-10(6-9)12-14-7-11(8-15-12)13(16)17/h7-10H,2-6H2,1H3,(H,16,17). The van der Waals surface area contributed by atoms with Crippen LogP contribution in [0, 0.1) is 5.92 Å². The second kappa shape index (κ2) is 5.25. The first-order valence-electron chi connectivity index (χ1n) is 6.26. The van der Waals surface area contributed by atoms with Crippen LogP contribution in [0.1, 0.15) is 61.1 Å². The van der Waals surface area contributed by atoms with Crippen LogP contribution in [-0.2, 0) is 0 Å². The zero-order chi connectivity index (χ0) is 12.3. The van der Waals surface area contributed by atoms with Gasteiger partial charge in [-0.15, -0.1) is 0 Å². The summed E-state index contributed by atoms with van der Waals surface area (Å²) in [6.45, 7) is 2.22. The Bertz CT molecular complexity index is 389. The number of carboxylic acids is 1. The molecule has 2 atom stereocenters. The molecule has 1 aromatic rings. The molecular formula is C13H18N2O2. The lowest BCUT2D eigenvalue weighted by atomic mass is 9.80. The minimum absolute atomic E-state index is 0.164. The summed E-state index contributed by atoms with van der Waals surface area (Å²) in [5, 5.41) is 8.79. The average molecular weight is 234 g/mol. The lowest BCUT2D eigenvalue weighted by molar-refractivity contribution is 0.0696. The summed E-state index contributed by atoms with van der Waals surface area (Å²) in [5.74, 6) is 1.04. The Kier molecular flexibility index (Phi) is 3.71. The Hall–Kier alpha value is -1.45. The molecule has 0 spiro atoms. The number of hydrogen-bond donors (Lipinski definition) is 1. The highest BCUT2D eigenvalue weighted by Crippen LogP contribution is 2.35. The van der Waals surface area contributed by atoms with Gasteiger partial charge < -0.3 is 5.11 Å². The summed E-state index contributed by atoms with van der Waals surface area (Å²) in [5.41, 5.74) is 0.164. The molecule has 17 heavy (non-hydrogen) atoms. The van der Waals surface area contributed by atoms with Gasteiger partial charge in [0.15, 0.2) is 0 Å². The predicted octanol–water partition coefficient (Wildman–Crippen LogP) is 2.86. The smallest absolute Gasteiger partial charge is 0.338 e. The topological polar surface area (TPSA) is 63.1 Å². The molecule has 0 amide bonds. The minimum Gasteiger partial charge on any atom is -0.478 e. The number of aromatic nitrogens is 2. The maximum atomic E-state index is 10.7. The third kappa shape index (κ3) is 2.81. The fraction of sp³-hybridized carbons (Fsp3) is 0.615.